The van der Waals surface area contributed by atoms with Gasteiger partial charge in [-0.15, -0.1) is 11.3 Å². The third kappa shape index (κ3) is 8.21. The summed E-state index contributed by atoms with van der Waals surface area (Å²) in [7, 11) is -3.16. The maximum atomic E-state index is 13.6. The summed E-state index contributed by atoms with van der Waals surface area (Å²) in [5.41, 5.74) is 1.74. The number of thiophene rings is 1. The highest BCUT2D eigenvalue weighted by molar-refractivity contribution is 7.91. The van der Waals surface area contributed by atoms with Gasteiger partial charge in [0, 0.05) is 16.5 Å². The molecule has 1 aliphatic heterocycles. The fourth-order valence-corrected chi connectivity index (χ4v) is 9.29. The van der Waals surface area contributed by atoms with Crippen molar-refractivity contribution in [3.63, 3.8) is 0 Å². The molecule has 7 nitrogen and oxygen atoms in total. The minimum atomic E-state index is -3.16. The van der Waals surface area contributed by atoms with Crippen LogP contribution >= 0.6 is 34.5 Å². The summed E-state index contributed by atoms with van der Waals surface area (Å²) in [6, 6.07) is 2.62. The van der Waals surface area contributed by atoms with Crippen LogP contribution < -0.4 is 15.4 Å². The first kappa shape index (κ1) is 33.1. The molecule has 4 rings (SSSR count). The summed E-state index contributed by atoms with van der Waals surface area (Å²) in [6.07, 6.45) is 8.35. The lowest BCUT2D eigenvalue weighted by Gasteiger charge is -2.33. The van der Waals surface area contributed by atoms with E-state index >= 15 is 0 Å². The Morgan fingerprint density at radius 2 is 1.74 bits per heavy atom. The topological polar surface area (TPSA) is 102 Å². The van der Waals surface area contributed by atoms with Crippen LogP contribution in [0.4, 0.5) is 5.00 Å². The largest absolute Gasteiger partial charge is 0.490 e. The van der Waals surface area contributed by atoms with Crippen molar-refractivity contribution < 1.29 is 22.7 Å². The Hall–Kier alpha value is -1.81. The first-order valence-electron chi connectivity index (χ1n) is 14.9. The Bertz CT molecular complexity index is 1390. The Kier molecular flexibility index (Phi) is 10.9. The molecule has 1 saturated heterocycles. The summed E-state index contributed by atoms with van der Waals surface area (Å²) in [6.45, 7) is 9.33. The standard InChI is InChI=1S/C31H42Cl2N2O5S2/c1-5-6-7-8-9-13-40-27-23(32)15-19(16-24(27)33)28(36)35-30-26(29(37)34-21-12-14-42(38,39)18-21)22-11-10-20(31(2,3)4)17-25(22)41-30/h15-16,20-21H,5-14,17-18H2,1-4H3,(H,34,37)(H,35,36). The fraction of sp³-hybridized carbons (Fsp3) is 0.613. The van der Waals surface area contributed by atoms with Gasteiger partial charge in [-0.25, -0.2) is 8.42 Å². The number of fused-ring (bicyclic) bond motifs is 1. The highest BCUT2D eigenvalue weighted by Crippen LogP contribution is 2.44. The Labute approximate surface area is 264 Å². The number of rotatable bonds is 11. The van der Waals surface area contributed by atoms with Crippen molar-refractivity contribution in [1.29, 1.82) is 0 Å². The van der Waals surface area contributed by atoms with Crippen LogP contribution in [-0.4, -0.2) is 44.4 Å². The number of halogens is 2. The molecule has 1 aliphatic carbocycles. The van der Waals surface area contributed by atoms with E-state index < -0.39 is 21.8 Å². The van der Waals surface area contributed by atoms with Crippen LogP contribution in [0, 0.1) is 11.3 Å². The maximum Gasteiger partial charge on any atom is 0.256 e. The Morgan fingerprint density at radius 1 is 1.05 bits per heavy atom. The molecular formula is C31H42Cl2N2O5S2. The summed E-state index contributed by atoms with van der Waals surface area (Å²) in [5, 5.41) is 6.83. The number of ether oxygens (including phenoxy) is 1. The Morgan fingerprint density at radius 3 is 2.36 bits per heavy atom. The summed E-state index contributed by atoms with van der Waals surface area (Å²) in [5.74, 6) is 0.0162. The zero-order valence-electron chi connectivity index (χ0n) is 24.9. The lowest BCUT2D eigenvalue weighted by molar-refractivity contribution is 0.0941. The second-order valence-electron chi connectivity index (χ2n) is 12.6. The lowest BCUT2D eigenvalue weighted by Crippen LogP contribution is -2.36. The number of carbonyl (C=O) groups excluding carboxylic acids is 2. The van der Waals surface area contributed by atoms with Crippen LogP contribution in [0.3, 0.4) is 0 Å². The van der Waals surface area contributed by atoms with Crippen LogP contribution in [0.15, 0.2) is 12.1 Å². The van der Waals surface area contributed by atoms with Gasteiger partial charge in [0.2, 0.25) is 0 Å². The van der Waals surface area contributed by atoms with Gasteiger partial charge in [-0.05, 0) is 61.1 Å². The number of sulfone groups is 1. The summed E-state index contributed by atoms with van der Waals surface area (Å²) >= 11 is 14.4. The van der Waals surface area contributed by atoms with Crippen LogP contribution in [0.5, 0.6) is 5.75 Å². The minimum Gasteiger partial charge on any atom is -0.490 e. The first-order valence-corrected chi connectivity index (χ1v) is 18.3. The van der Waals surface area contributed by atoms with Gasteiger partial charge in [0.25, 0.3) is 11.8 Å². The molecule has 2 aliphatic rings. The molecule has 0 bridgehead atoms. The molecule has 1 aromatic heterocycles. The van der Waals surface area contributed by atoms with Gasteiger partial charge in [-0.2, -0.15) is 0 Å². The predicted octanol–water partition coefficient (Wildman–Crippen LogP) is 7.72. The maximum absolute atomic E-state index is 13.6. The van der Waals surface area contributed by atoms with E-state index in [0.29, 0.717) is 35.3 Å². The molecule has 2 aromatic rings. The Balaban J connectivity index is 1.54. The predicted molar refractivity (Wildman–Crippen MR) is 172 cm³/mol. The van der Waals surface area contributed by atoms with Crippen LogP contribution in [-0.2, 0) is 22.7 Å². The van der Waals surface area contributed by atoms with Crippen molar-refractivity contribution in [2.24, 2.45) is 11.3 Å². The molecule has 0 spiro atoms. The third-order valence-corrected chi connectivity index (χ3v) is 11.8. The number of hydrogen-bond donors (Lipinski definition) is 2. The third-order valence-electron chi connectivity index (χ3n) is 8.27. The van der Waals surface area contributed by atoms with Crippen molar-refractivity contribution in [3.8, 4) is 5.75 Å². The van der Waals surface area contributed by atoms with Gasteiger partial charge < -0.3 is 15.4 Å². The van der Waals surface area contributed by atoms with Crippen molar-refractivity contribution in [2.45, 2.75) is 91.5 Å². The van der Waals surface area contributed by atoms with E-state index in [1.165, 1.54) is 36.3 Å². The van der Waals surface area contributed by atoms with Crippen molar-refractivity contribution in [2.75, 3.05) is 23.4 Å². The molecule has 2 unspecified atom stereocenters. The number of unbranched alkanes of at least 4 members (excludes halogenated alkanes) is 4. The molecule has 2 heterocycles. The van der Waals surface area contributed by atoms with Crippen molar-refractivity contribution in [3.05, 3.63) is 43.7 Å². The molecule has 1 aromatic carbocycles. The number of hydrogen-bond acceptors (Lipinski definition) is 6. The first-order chi connectivity index (χ1) is 19.8. The van der Waals surface area contributed by atoms with E-state index in [1.54, 1.807) is 0 Å². The number of anilines is 1. The van der Waals surface area contributed by atoms with Gasteiger partial charge in [0.1, 0.15) is 5.00 Å². The quantitative estimate of drug-likeness (QED) is 0.241. The number of nitrogens with one attached hydrogen (secondary N) is 2. The van der Waals surface area contributed by atoms with E-state index in [9.17, 15) is 18.0 Å². The van der Waals surface area contributed by atoms with Gasteiger partial charge in [0.15, 0.2) is 15.6 Å². The van der Waals surface area contributed by atoms with Crippen molar-refractivity contribution >= 4 is 61.2 Å². The highest BCUT2D eigenvalue weighted by Gasteiger charge is 2.36. The van der Waals surface area contributed by atoms with E-state index in [4.69, 9.17) is 27.9 Å². The van der Waals surface area contributed by atoms with Gasteiger partial charge in [0.05, 0.1) is 33.7 Å². The second kappa shape index (κ2) is 13.9. The average Bonchev–Trinajstić information content (AvgIpc) is 3.44. The number of carbonyl (C=O) groups is 2. The van der Waals surface area contributed by atoms with Crippen LogP contribution in [0.25, 0.3) is 0 Å². The molecule has 0 radical (unpaired) electrons. The van der Waals surface area contributed by atoms with E-state index in [2.05, 4.69) is 38.3 Å². The SMILES string of the molecule is CCCCCCCOc1c(Cl)cc(C(=O)Nc2sc3c(c2C(=O)NC2CCS(=O)(=O)C2)CCC(C(C)(C)C)C3)cc1Cl. The molecule has 11 heteroatoms. The normalized spacial score (nSPS) is 19.8. The highest BCUT2D eigenvalue weighted by atomic mass is 35.5. The van der Waals surface area contributed by atoms with Gasteiger partial charge in [-0.3, -0.25) is 9.59 Å². The minimum absolute atomic E-state index is 0.0661. The molecule has 2 atom stereocenters. The molecule has 1 fully saturated rings. The average molecular weight is 658 g/mol. The number of amides is 2. The van der Waals surface area contributed by atoms with Crippen molar-refractivity contribution in [1.82, 2.24) is 5.32 Å². The molecule has 42 heavy (non-hydrogen) atoms. The van der Waals surface area contributed by atoms with Gasteiger partial charge in [-0.1, -0.05) is 76.6 Å². The van der Waals surface area contributed by atoms with E-state index in [-0.39, 0.29) is 38.4 Å². The molecule has 232 valence electrons. The summed E-state index contributed by atoms with van der Waals surface area (Å²) < 4.78 is 29.8. The molecular weight excluding hydrogens is 615 g/mol. The van der Waals surface area contributed by atoms with E-state index in [1.807, 2.05) is 0 Å². The van der Waals surface area contributed by atoms with Crippen LogP contribution in [0.1, 0.15) is 104 Å². The number of benzene rings is 1. The smallest absolute Gasteiger partial charge is 0.256 e. The zero-order chi connectivity index (χ0) is 30.7. The molecule has 2 N–H and O–H groups in total. The van der Waals surface area contributed by atoms with Crippen LogP contribution in [0.2, 0.25) is 10.0 Å². The molecule has 2 amide bonds. The fourth-order valence-electron chi connectivity index (χ4n) is 5.70. The second-order valence-corrected chi connectivity index (χ2v) is 16.7. The van der Waals surface area contributed by atoms with Gasteiger partial charge >= 0.3 is 0 Å². The van der Waals surface area contributed by atoms with E-state index in [0.717, 1.165) is 49.0 Å². The lowest BCUT2D eigenvalue weighted by atomic mass is 9.72. The zero-order valence-corrected chi connectivity index (χ0v) is 28.1. The monoisotopic (exact) mass is 656 g/mol. The summed E-state index contributed by atoms with van der Waals surface area (Å²) in [4.78, 5) is 28.1. The molecule has 0 saturated carbocycles.